The lowest BCUT2D eigenvalue weighted by Crippen LogP contribution is -2.26. The molecule has 1 heterocycles. The fraction of sp³-hybridized carbons (Fsp3) is 0.0667. The summed E-state index contributed by atoms with van der Waals surface area (Å²) in [5.41, 5.74) is 2.28. The van der Waals surface area contributed by atoms with Gasteiger partial charge in [0.2, 0.25) is 0 Å². The van der Waals surface area contributed by atoms with Gasteiger partial charge < -0.3 is 10.2 Å². The van der Waals surface area contributed by atoms with Gasteiger partial charge in [-0.25, -0.2) is 0 Å². The van der Waals surface area contributed by atoms with E-state index in [2.05, 4.69) is 15.6 Å². The molecule has 0 unspecified atom stereocenters. The van der Waals surface area contributed by atoms with Crippen molar-refractivity contribution in [3.63, 3.8) is 0 Å². The Morgan fingerprint density at radius 2 is 2.09 bits per heavy atom. The van der Waals surface area contributed by atoms with Gasteiger partial charge in [-0.2, -0.15) is 5.26 Å². The van der Waals surface area contributed by atoms with Crippen LogP contribution in [-0.2, 0) is 4.79 Å². The summed E-state index contributed by atoms with van der Waals surface area (Å²) in [4.78, 5) is 18.3. The molecule has 1 aromatic heterocycles. The summed E-state index contributed by atoms with van der Waals surface area (Å²) in [5, 5.41) is 19.6. The highest BCUT2D eigenvalue weighted by atomic mass is 35.5. The number of fused-ring (bicyclic) bond motifs is 1. The van der Waals surface area contributed by atoms with Crippen LogP contribution in [0.4, 0.5) is 5.69 Å². The van der Waals surface area contributed by atoms with Crippen LogP contribution in [0, 0.1) is 11.3 Å². The lowest BCUT2D eigenvalue weighted by Gasteiger charge is -2.07. The Balaban J connectivity index is 1.63. The van der Waals surface area contributed by atoms with Gasteiger partial charge in [-0.15, -0.1) is 5.10 Å². The SMILES string of the molecule is N#Cc1ccc(NC(=O)COn2nnc3ccc(Cl)cc32)cc1. The second kappa shape index (κ2) is 6.34. The van der Waals surface area contributed by atoms with Crippen LogP contribution in [-0.4, -0.2) is 27.7 Å². The Labute approximate surface area is 136 Å². The molecule has 0 radical (unpaired) electrons. The van der Waals surface area contributed by atoms with Gasteiger partial charge in [0.25, 0.3) is 5.91 Å². The Bertz CT molecular complexity index is 898. The molecular formula is C15H10ClN5O2. The van der Waals surface area contributed by atoms with Gasteiger partial charge >= 0.3 is 0 Å². The summed E-state index contributed by atoms with van der Waals surface area (Å²) in [6, 6.07) is 13.6. The first kappa shape index (κ1) is 14.8. The maximum atomic E-state index is 11.9. The number of hydrogen-bond acceptors (Lipinski definition) is 5. The fourth-order valence-electron chi connectivity index (χ4n) is 1.91. The van der Waals surface area contributed by atoms with Crippen molar-refractivity contribution in [2.45, 2.75) is 0 Å². The van der Waals surface area contributed by atoms with Crippen molar-refractivity contribution < 1.29 is 9.63 Å². The van der Waals surface area contributed by atoms with Crippen molar-refractivity contribution in [2.24, 2.45) is 0 Å². The number of hydrogen-bond donors (Lipinski definition) is 1. The summed E-state index contributed by atoms with van der Waals surface area (Å²) in [5.74, 6) is -0.361. The number of rotatable bonds is 4. The minimum atomic E-state index is -0.361. The normalized spacial score (nSPS) is 10.3. The number of carbonyl (C=O) groups is 1. The quantitative estimate of drug-likeness (QED) is 0.791. The Morgan fingerprint density at radius 3 is 2.83 bits per heavy atom. The fourth-order valence-corrected chi connectivity index (χ4v) is 2.08. The molecule has 0 spiro atoms. The van der Waals surface area contributed by atoms with Crippen LogP contribution >= 0.6 is 11.6 Å². The number of halogens is 1. The number of carbonyl (C=O) groups excluding carboxylic acids is 1. The zero-order valence-electron chi connectivity index (χ0n) is 11.7. The summed E-state index contributed by atoms with van der Waals surface area (Å²) < 4.78 is 0. The highest BCUT2D eigenvalue weighted by Gasteiger charge is 2.09. The van der Waals surface area contributed by atoms with Crippen LogP contribution in [0.5, 0.6) is 0 Å². The first-order chi connectivity index (χ1) is 11.2. The topological polar surface area (TPSA) is 92.8 Å². The van der Waals surface area contributed by atoms with Crippen molar-refractivity contribution in [1.82, 2.24) is 15.2 Å². The molecule has 3 rings (SSSR count). The third kappa shape index (κ3) is 3.39. The monoisotopic (exact) mass is 327 g/mol. The number of anilines is 1. The molecule has 0 aliphatic carbocycles. The molecule has 0 atom stereocenters. The van der Waals surface area contributed by atoms with E-state index in [1.54, 1.807) is 42.5 Å². The Hall–Kier alpha value is -3.11. The van der Waals surface area contributed by atoms with Gasteiger partial charge in [-0.3, -0.25) is 4.79 Å². The van der Waals surface area contributed by atoms with Crippen LogP contribution in [0.3, 0.4) is 0 Å². The molecule has 0 bridgehead atoms. The highest BCUT2D eigenvalue weighted by molar-refractivity contribution is 6.31. The number of aromatic nitrogens is 3. The van der Waals surface area contributed by atoms with Gasteiger partial charge in [0, 0.05) is 10.7 Å². The lowest BCUT2D eigenvalue weighted by atomic mass is 10.2. The van der Waals surface area contributed by atoms with Crippen LogP contribution in [0.25, 0.3) is 11.0 Å². The van der Waals surface area contributed by atoms with Crippen LogP contribution in [0.1, 0.15) is 5.56 Å². The van der Waals surface area contributed by atoms with E-state index < -0.39 is 0 Å². The molecular weight excluding hydrogens is 318 g/mol. The summed E-state index contributed by atoms with van der Waals surface area (Å²) >= 11 is 5.92. The molecule has 0 fully saturated rings. The number of nitriles is 1. The molecule has 1 N–H and O–H groups in total. The van der Waals surface area contributed by atoms with E-state index >= 15 is 0 Å². The Morgan fingerprint density at radius 1 is 1.30 bits per heavy atom. The number of nitrogens with zero attached hydrogens (tertiary/aromatic N) is 4. The van der Waals surface area contributed by atoms with Crippen LogP contribution in [0.2, 0.25) is 5.02 Å². The molecule has 23 heavy (non-hydrogen) atoms. The van der Waals surface area contributed by atoms with Crippen LogP contribution in [0.15, 0.2) is 42.5 Å². The van der Waals surface area contributed by atoms with Crippen LogP contribution < -0.4 is 10.2 Å². The van der Waals surface area contributed by atoms with Gasteiger partial charge in [-0.05, 0) is 47.7 Å². The molecule has 3 aromatic rings. The average molecular weight is 328 g/mol. The third-order valence-electron chi connectivity index (χ3n) is 2.99. The second-order valence-electron chi connectivity index (χ2n) is 4.61. The zero-order valence-corrected chi connectivity index (χ0v) is 12.5. The first-order valence-corrected chi connectivity index (χ1v) is 6.98. The van der Waals surface area contributed by atoms with E-state index in [1.165, 1.54) is 0 Å². The number of nitrogens with one attached hydrogen (secondary N) is 1. The number of amides is 1. The molecule has 0 saturated heterocycles. The van der Waals surface area contributed by atoms with Crippen molar-refractivity contribution >= 4 is 34.2 Å². The summed E-state index contributed by atoms with van der Waals surface area (Å²) in [6.07, 6.45) is 0. The predicted molar refractivity (Wildman–Crippen MR) is 83.8 cm³/mol. The van der Waals surface area contributed by atoms with Crippen molar-refractivity contribution in [1.29, 1.82) is 5.26 Å². The van der Waals surface area contributed by atoms with E-state index in [4.69, 9.17) is 21.7 Å². The van der Waals surface area contributed by atoms with Gasteiger partial charge in [0.1, 0.15) is 11.0 Å². The van der Waals surface area contributed by atoms with E-state index in [0.29, 0.717) is 27.3 Å². The Kier molecular flexibility index (Phi) is 4.08. The molecule has 0 aliphatic heterocycles. The van der Waals surface area contributed by atoms with Crippen molar-refractivity contribution in [3.05, 3.63) is 53.1 Å². The predicted octanol–water partition coefficient (Wildman–Crippen LogP) is 2.02. The summed E-state index contributed by atoms with van der Waals surface area (Å²) in [7, 11) is 0. The largest absolute Gasteiger partial charge is 0.385 e. The maximum absolute atomic E-state index is 11.9. The first-order valence-electron chi connectivity index (χ1n) is 6.60. The van der Waals surface area contributed by atoms with E-state index in [9.17, 15) is 4.79 Å². The molecule has 1 amide bonds. The average Bonchev–Trinajstić information content (AvgIpc) is 2.96. The smallest absolute Gasteiger partial charge is 0.265 e. The van der Waals surface area contributed by atoms with E-state index in [0.717, 1.165) is 4.85 Å². The molecule has 0 aliphatic rings. The minimum Gasteiger partial charge on any atom is -0.385 e. The van der Waals surface area contributed by atoms with Gasteiger partial charge in [0.15, 0.2) is 6.61 Å². The second-order valence-corrected chi connectivity index (χ2v) is 5.04. The molecule has 8 heteroatoms. The molecule has 114 valence electrons. The van der Waals surface area contributed by atoms with Crippen molar-refractivity contribution in [2.75, 3.05) is 11.9 Å². The van der Waals surface area contributed by atoms with Gasteiger partial charge in [0.05, 0.1) is 11.6 Å². The molecule has 7 nitrogen and oxygen atoms in total. The molecule has 0 saturated carbocycles. The van der Waals surface area contributed by atoms with Gasteiger partial charge in [-0.1, -0.05) is 16.4 Å². The summed E-state index contributed by atoms with van der Waals surface area (Å²) in [6.45, 7) is -0.245. The standard InChI is InChI=1S/C15H10ClN5O2/c16-11-3-6-13-14(7-11)21(20-19-13)23-9-15(22)18-12-4-1-10(8-17)2-5-12/h1-7H,9H2,(H,18,22). The van der Waals surface area contributed by atoms with Crippen molar-refractivity contribution in [3.8, 4) is 6.07 Å². The highest BCUT2D eigenvalue weighted by Crippen LogP contribution is 2.16. The third-order valence-corrected chi connectivity index (χ3v) is 3.23. The lowest BCUT2D eigenvalue weighted by molar-refractivity contribution is -0.121. The van der Waals surface area contributed by atoms with E-state index in [-0.39, 0.29) is 12.5 Å². The maximum Gasteiger partial charge on any atom is 0.265 e. The zero-order chi connectivity index (χ0) is 16.2. The minimum absolute atomic E-state index is 0.245. The molecule has 2 aromatic carbocycles. The number of benzene rings is 2. The van der Waals surface area contributed by atoms with E-state index in [1.807, 2.05) is 6.07 Å².